The minimum Gasteiger partial charge on any atom is -0.481 e. The number of aromatic nitrogens is 2. The maximum absolute atomic E-state index is 10.9. The zero-order chi connectivity index (χ0) is 20.4. The Labute approximate surface area is 161 Å². The monoisotopic (exact) mass is 390 g/mol. The van der Waals surface area contributed by atoms with Gasteiger partial charge in [0.2, 0.25) is 0 Å². The van der Waals surface area contributed by atoms with Crippen LogP contribution in [-0.2, 0) is 14.4 Å². The molecule has 0 radical (unpaired) electrons. The van der Waals surface area contributed by atoms with Gasteiger partial charge < -0.3 is 15.0 Å². The van der Waals surface area contributed by atoms with E-state index in [2.05, 4.69) is 5.10 Å². The molecular weight excluding hydrogens is 372 g/mol. The quantitative estimate of drug-likeness (QED) is 0.832. The van der Waals surface area contributed by atoms with Crippen molar-refractivity contribution in [3.63, 3.8) is 0 Å². The molecule has 2 aromatic rings. The van der Waals surface area contributed by atoms with Gasteiger partial charge in [-0.15, -0.1) is 0 Å². The fourth-order valence-corrected chi connectivity index (χ4v) is 2.66. The fourth-order valence-electron chi connectivity index (χ4n) is 2.29. The highest BCUT2D eigenvalue weighted by molar-refractivity contribution is 6.31. The van der Waals surface area contributed by atoms with E-state index in [1.807, 2.05) is 54.1 Å². The Bertz CT molecular complexity index is 831. The third-order valence-corrected chi connectivity index (χ3v) is 3.83. The Balaban J connectivity index is 0.000000252. The number of hydrogen-bond acceptors (Lipinski definition) is 4. The van der Waals surface area contributed by atoms with Crippen molar-refractivity contribution in [2.75, 3.05) is 0 Å². The van der Waals surface area contributed by atoms with Gasteiger partial charge >= 0.3 is 11.9 Å². The zero-order valence-corrected chi connectivity index (χ0v) is 15.3. The van der Waals surface area contributed by atoms with Crippen LogP contribution in [0.4, 0.5) is 0 Å². The number of halogens is 1. The first-order chi connectivity index (χ1) is 12.8. The topological polar surface area (TPSA) is 109 Å². The summed E-state index contributed by atoms with van der Waals surface area (Å²) < 4.78 is 1.83. The molecule has 0 saturated carbocycles. The number of carboxylic acid groups (broad SMARTS) is 2. The van der Waals surface area contributed by atoms with Crippen molar-refractivity contribution in [1.82, 2.24) is 9.78 Å². The van der Waals surface area contributed by atoms with E-state index in [9.17, 15) is 9.59 Å². The van der Waals surface area contributed by atoms with Crippen molar-refractivity contribution in [3.8, 4) is 5.69 Å². The molecule has 1 aliphatic carbocycles. The molecule has 0 spiro atoms. The van der Waals surface area contributed by atoms with Crippen molar-refractivity contribution < 1.29 is 24.6 Å². The lowest BCUT2D eigenvalue weighted by Crippen LogP contribution is -2.29. The Morgan fingerprint density at radius 3 is 2.30 bits per heavy atom. The van der Waals surface area contributed by atoms with Crippen LogP contribution in [0, 0.1) is 5.41 Å². The van der Waals surface area contributed by atoms with Crippen molar-refractivity contribution in [3.05, 3.63) is 71.5 Å². The molecule has 0 aliphatic heterocycles. The maximum atomic E-state index is 10.9. The number of carbonyl (C=O) groups is 3. The van der Waals surface area contributed by atoms with Crippen LogP contribution in [0.5, 0.6) is 0 Å². The molecule has 3 rings (SSSR count). The number of carbonyl (C=O) groups excluding carboxylic acids is 1. The highest BCUT2D eigenvalue weighted by atomic mass is 35.5. The lowest BCUT2D eigenvalue weighted by atomic mass is 9.80. The summed E-state index contributed by atoms with van der Waals surface area (Å²) in [4.78, 5) is 29.5. The van der Waals surface area contributed by atoms with Gasteiger partial charge in [-0.25, -0.2) is 9.48 Å². The van der Waals surface area contributed by atoms with Crippen LogP contribution in [0.15, 0.2) is 71.5 Å². The van der Waals surface area contributed by atoms with Crippen molar-refractivity contribution in [1.29, 1.82) is 0 Å². The molecule has 8 heteroatoms. The summed E-state index contributed by atoms with van der Waals surface area (Å²) in [5.74, 6) is -2.22. The summed E-state index contributed by atoms with van der Waals surface area (Å²) in [5, 5.41) is 21.9. The number of carboxylic acids is 2. The molecule has 1 heterocycles. The molecule has 1 atom stereocenters. The largest absolute Gasteiger partial charge is 0.481 e. The summed E-state index contributed by atoms with van der Waals surface area (Å²) in [5.41, 5.74) is -0.112. The van der Waals surface area contributed by atoms with E-state index in [1.54, 1.807) is 6.20 Å². The zero-order valence-electron chi connectivity index (χ0n) is 14.6. The second-order valence-corrected chi connectivity index (χ2v) is 6.13. The Morgan fingerprint density at radius 1 is 1.19 bits per heavy atom. The summed E-state index contributed by atoms with van der Waals surface area (Å²) in [6.45, 7) is 3.44. The Hall–Kier alpha value is -3.19. The molecule has 1 aliphatic rings. The first-order valence-corrected chi connectivity index (χ1v) is 8.09. The van der Waals surface area contributed by atoms with Gasteiger partial charge in [0, 0.05) is 23.0 Å². The lowest BCUT2D eigenvalue weighted by Gasteiger charge is -2.24. The number of aliphatic carboxylic acids is 2. The molecule has 1 aromatic carbocycles. The number of allylic oxidation sites excluding steroid dienone is 2. The number of benzene rings is 1. The summed E-state index contributed by atoms with van der Waals surface area (Å²) in [6.07, 6.45) is 6.27. The van der Waals surface area contributed by atoms with Crippen LogP contribution in [0.25, 0.3) is 5.69 Å². The van der Waals surface area contributed by atoms with E-state index in [1.165, 1.54) is 19.1 Å². The van der Waals surface area contributed by atoms with E-state index in [-0.39, 0.29) is 17.0 Å². The average molecular weight is 391 g/mol. The minimum absolute atomic E-state index is 0.0161. The van der Waals surface area contributed by atoms with Gasteiger partial charge in [0.15, 0.2) is 0 Å². The van der Waals surface area contributed by atoms with Gasteiger partial charge in [0.05, 0.1) is 11.1 Å². The fraction of sp³-hybridized carbons (Fsp3) is 0.158. The van der Waals surface area contributed by atoms with Crippen LogP contribution >= 0.6 is 11.6 Å². The second-order valence-electron chi connectivity index (χ2n) is 5.69. The molecule has 142 valence electrons. The molecule has 0 fully saturated rings. The first-order valence-electron chi connectivity index (χ1n) is 7.71. The number of nitrogens with zero attached hydrogens (tertiary/aromatic N) is 2. The molecule has 0 saturated heterocycles. The highest BCUT2D eigenvalue weighted by Gasteiger charge is 2.36. The van der Waals surface area contributed by atoms with Crippen LogP contribution in [0.1, 0.15) is 13.3 Å². The van der Waals surface area contributed by atoms with E-state index < -0.39 is 17.4 Å². The predicted molar refractivity (Wildman–Crippen MR) is 101 cm³/mol. The van der Waals surface area contributed by atoms with Gasteiger partial charge in [-0.2, -0.15) is 5.10 Å². The molecule has 1 aromatic heterocycles. The van der Waals surface area contributed by atoms with Crippen LogP contribution in [-0.4, -0.2) is 38.7 Å². The van der Waals surface area contributed by atoms with E-state index in [4.69, 9.17) is 26.6 Å². The van der Waals surface area contributed by atoms with Crippen molar-refractivity contribution >= 4 is 30.3 Å². The normalized spacial score (nSPS) is 17.9. The molecule has 0 amide bonds. The maximum Gasteiger partial charge on any atom is 0.331 e. The van der Waals surface area contributed by atoms with E-state index >= 15 is 0 Å². The Morgan fingerprint density at radius 2 is 1.81 bits per heavy atom. The van der Waals surface area contributed by atoms with Crippen LogP contribution < -0.4 is 0 Å². The summed E-state index contributed by atoms with van der Waals surface area (Å²) in [6, 6.07) is 11.9. The molecule has 1 unspecified atom stereocenters. The molecule has 7 nitrogen and oxygen atoms in total. The summed E-state index contributed by atoms with van der Waals surface area (Å²) >= 11 is 5.64. The van der Waals surface area contributed by atoms with Crippen LogP contribution in [0.3, 0.4) is 0 Å². The molecule has 27 heavy (non-hydrogen) atoms. The Kier molecular flexibility index (Phi) is 8.16. The minimum atomic E-state index is -1.22. The standard InChI is InChI=1S/C9H9ClO4.C9H8N2.CH2O/c1-9(8(13)14)3-5(7(11)12)2-6(10)4-9;1-2-5-9(6-3-1)11-8-4-7-10-11;1-2/h2,4H,3H2,1H3,(H,11,12)(H,13,14);1-8H;1H2. The number of rotatable bonds is 3. The van der Waals surface area contributed by atoms with Gasteiger partial charge in [0.1, 0.15) is 6.79 Å². The number of para-hydroxylation sites is 1. The van der Waals surface area contributed by atoms with Gasteiger partial charge in [-0.05, 0) is 43.7 Å². The van der Waals surface area contributed by atoms with Crippen LogP contribution in [0.2, 0.25) is 0 Å². The third kappa shape index (κ3) is 6.23. The van der Waals surface area contributed by atoms with Gasteiger partial charge in [0.25, 0.3) is 0 Å². The predicted octanol–water partition coefficient (Wildman–Crippen LogP) is 3.30. The van der Waals surface area contributed by atoms with Gasteiger partial charge in [-0.1, -0.05) is 29.8 Å². The smallest absolute Gasteiger partial charge is 0.331 e. The van der Waals surface area contributed by atoms with Gasteiger partial charge in [-0.3, -0.25) is 4.79 Å². The molecule has 2 N–H and O–H groups in total. The van der Waals surface area contributed by atoms with E-state index in [0.717, 1.165) is 5.69 Å². The summed E-state index contributed by atoms with van der Waals surface area (Å²) in [7, 11) is 0. The third-order valence-electron chi connectivity index (χ3n) is 3.61. The average Bonchev–Trinajstić information content (AvgIpc) is 3.18. The van der Waals surface area contributed by atoms with E-state index in [0.29, 0.717) is 0 Å². The first kappa shape index (κ1) is 21.9. The molecule has 0 bridgehead atoms. The SMILES string of the molecule is C=O.CC1(C(=O)O)C=C(Cl)C=C(C(=O)O)C1.c1ccc(-n2cccn2)cc1. The highest BCUT2D eigenvalue weighted by Crippen LogP contribution is 2.35. The number of hydrogen-bond donors (Lipinski definition) is 2. The molecular formula is C19H19ClN2O5. The second kappa shape index (κ2) is 10.1. The lowest BCUT2D eigenvalue weighted by molar-refractivity contribution is -0.145. The van der Waals surface area contributed by atoms with Crippen molar-refractivity contribution in [2.24, 2.45) is 5.41 Å². The van der Waals surface area contributed by atoms with Crippen molar-refractivity contribution in [2.45, 2.75) is 13.3 Å².